The molecule has 0 aromatic rings. The quantitative estimate of drug-likeness (QED) is 0.381. The number of rotatable bonds is 10. The molecule has 0 saturated heterocycles. The van der Waals surface area contributed by atoms with Crippen LogP contribution in [0.1, 0.15) is 51.9 Å². The van der Waals surface area contributed by atoms with Crippen LogP contribution in [-0.4, -0.2) is 42.8 Å². The van der Waals surface area contributed by atoms with Gasteiger partial charge in [0.05, 0.1) is 21.1 Å². The lowest BCUT2D eigenvalue weighted by Crippen LogP contribution is -2.39. The summed E-state index contributed by atoms with van der Waals surface area (Å²) in [6.45, 7) is 2.66. The van der Waals surface area contributed by atoms with Gasteiger partial charge >= 0.3 is 0 Å². The molecule has 0 saturated carbocycles. The predicted octanol–water partition coefficient (Wildman–Crippen LogP) is 3.22. The van der Waals surface area contributed by atoms with E-state index in [0.29, 0.717) is 11.0 Å². The number of quaternary nitrogens is 1. The summed E-state index contributed by atoms with van der Waals surface area (Å²) in [6, 6.07) is 0. The maximum Gasteiger partial charge on any atom is 0.279 e. The SMILES string of the molecule is CCCCCCCCC=C[P+]([O-])=C(O)C[N+](C)(C)C. The van der Waals surface area contributed by atoms with Crippen LogP contribution in [0.3, 0.4) is 0 Å². The molecule has 1 unspecified atom stereocenters. The fourth-order valence-corrected chi connectivity index (χ4v) is 2.87. The topological polar surface area (TPSA) is 43.3 Å². The minimum absolute atomic E-state index is 0.0988. The first-order valence-corrected chi connectivity index (χ1v) is 8.68. The van der Waals surface area contributed by atoms with Crippen molar-refractivity contribution < 1.29 is 14.5 Å². The van der Waals surface area contributed by atoms with Crippen molar-refractivity contribution in [2.75, 3.05) is 27.7 Å². The Morgan fingerprint density at radius 2 is 1.68 bits per heavy atom. The Bertz CT molecular complexity index is 293. The molecule has 3 nitrogen and oxygen atoms in total. The largest absolute Gasteiger partial charge is 0.624 e. The molecule has 4 heteroatoms. The number of aliphatic hydroxyl groups excluding tert-OH is 1. The molecule has 0 spiro atoms. The van der Waals surface area contributed by atoms with Crippen molar-refractivity contribution in [3.05, 3.63) is 11.9 Å². The summed E-state index contributed by atoms with van der Waals surface area (Å²) in [5, 5.41) is 9.72. The molecule has 0 aliphatic heterocycles. The molecule has 0 radical (unpaired) electrons. The van der Waals surface area contributed by atoms with E-state index in [1.807, 2.05) is 27.2 Å². The predicted molar refractivity (Wildman–Crippen MR) is 83.9 cm³/mol. The first-order chi connectivity index (χ1) is 8.87. The van der Waals surface area contributed by atoms with Crippen LogP contribution in [0, 0.1) is 0 Å². The van der Waals surface area contributed by atoms with E-state index < -0.39 is 7.77 Å². The number of allylic oxidation sites excluding steroid dienone is 1. The van der Waals surface area contributed by atoms with E-state index >= 15 is 0 Å². The van der Waals surface area contributed by atoms with Gasteiger partial charge < -0.3 is 14.5 Å². The third kappa shape index (κ3) is 12.6. The van der Waals surface area contributed by atoms with Gasteiger partial charge in [-0.05, 0) is 18.9 Å². The van der Waals surface area contributed by atoms with Gasteiger partial charge in [-0.1, -0.05) is 39.0 Å². The van der Waals surface area contributed by atoms with Crippen LogP contribution in [0.2, 0.25) is 0 Å². The number of unbranched alkanes of at least 4 members (excludes halogenated alkanes) is 6. The minimum atomic E-state index is -1.71. The standard InChI is InChI=1S/C15H30NO2P/c1-5-6-7-8-9-10-11-12-13-19(18)15(17)14-16(2,3)4/h12-13H,5-11,14H2,1-4H3/p+1. The molecule has 1 atom stereocenters. The molecule has 19 heavy (non-hydrogen) atoms. The second-order valence-electron chi connectivity index (χ2n) is 6.13. The molecule has 0 fully saturated rings. The van der Waals surface area contributed by atoms with Gasteiger partial charge in [0, 0.05) is 0 Å². The highest BCUT2D eigenvalue weighted by Crippen LogP contribution is 2.17. The minimum Gasteiger partial charge on any atom is -0.624 e. The van der Waals surface area contributed by atoms with E-state index in [-0.39, 0.29) is 5.48 Å². The van der Waals surface area contributed by atoms with E-state index in [2.05, 4.69) is 6.92 Å². The summed E-state index contributed by atoms with van der Waals surface area (Å²) in [5.74, 6) is 1.66. The van der Waals surface area contributed by atoms with Crippen molar-refractivity contribution in [1.82, 2.24) is 0 Å². The average molecular weight is 288 g/mol. The first-order valence-electron chi connectivity index (χ1n) is 7.35. The lowest BCUT2D eigenvalue weighted by Gasteiger charge is -2.21. The van der Waals surface area contributed by atoms with Gasteiger partial charge in [-0.15, -0.1) is 0 Å². The van der Waals surface area contributed by atoms with Crippen LogP contribution in [0.5, 0.6) is 0 Å². The highest BCUT2D eigenvalue weighted by molar-refractivity contribution is 7.54. The van der Waals surface area contributed by atoms with Crippen molar-refractivity contribution in [2.24, 2.45) is 0 Å². The Labute approximate surface area is 120 Å². The van der Waals surface area contributed by atoms with Crippen molar-refractivity contribution in [3.8, 4) is 0 Å². The van der Waals surface area contributed by atoms with Crippen LogP contribution >= 0.6 is 7.77 Å². The molecular weight excluding hydrogens is 257 g/mol. The number of aliphatic hydroxyl groups is 1. The smallest absolute Gasteiger partial charge is 0.279 e. The summed E-state index contributed by atoms with van der Waals surface area (Å²) >= 11 is 0. The maximum absolute atomic E-state index is 11.8. The van der Waals surface area contributed by atoms with Gasteiger partial charge in [0.1, 0.15) is 13.6 Å². The van der Waals surface area contributed by atoms with Crippen LogP contribution in [0.25, 0.3) is 0 Å². The van der Waals surface area contributed by atoms with Crippen LogP contribution in [-0.2, 0) is 0 Å². The van der Waals surface area contributed by atoms with E-state index in [0.717, 1.165) is 12.8 Å². The van der Waals surface area contributed by atoms with E-state index in [1.54, 1.807) is 5.82 Å². The zero-order chi connectivity index (χ0) is 14.7. The van der Waals surface area contributed by atoms with Crippen molar-refractivity contribution in [2.45, 2.75) is 51.9 Å². The Kier molecular flexibility index (Phi) is 10.4. The Balaban J connectivity index is 3.83. The molecule has 0 bridgehead atoms. The molecule has 112 valence electrons. The van der Waals surface area contributed by atoms with Crippen molar-refractivity contribution in [3.63, 3.8) is 0 Å². The summed E-state index contributed by atoms with van der Waals surface area (Å²) in [7, 11) is 4.20. The molecule has 0 heterocycles. The van der Waals surface area contributed by atoms with Crippen LogP contribution in [0.15, 0.2) is 11.9 Å². The van der Waals surface area contributed by atoms with E-state index in [1.165, 1.54) is 32.1 Å². The summed E-state index contributed by atoms with van der Waals surface area (Å²) in [4.78, 5) is 11.8. The van der Waals surface area contributed by atoms with Crippen molar-refractivity contribution in [1.29, 1.82) is 0 Å². The van der Waals surface area contributed by atoms with Gasteiger partial charge in [0.2, 0.25) is 0 Å². The molecular formula is C15H31NO2P+. The third-order valence-corrected chi connectivity index (χ3v) is 3.97. The second-order valence-corrected chi connectivity index (χ2v) is 7.60. The Morgan fingerprint density at radius 3 is 2.26 bits per heavy atom. The Hall–Kier alpha value is -0.210. The monoisotopic (exact) mass is 288 g/mol. The molecule has 0 rings (SSSR count). The average Bonchev–Trinajstić information content (AvgIpc) is 2.30. The zero-order valence-corrected chi connectivity index (χ0v) is 14.0. The van der Waals surface area contributed by atoms with Crippen LogP contribution < -0.4 is 4.89 Å². The number of likely N-dealkylation sites (N-methyl/N-ethyl adjacent to an activating group) is 1. The third-order valence-electron chi connectivity index (χ3n) is 2.84. The van der Waals surface area contributed by atoms with Gasteiger partial charge in [0.15, 0.2) is 6.54 Å². The normalized spacial score (nSPS) is 14.0. The highest BCUT2D eigenvalue weighted by atomic mass is 31.1. The van der Waals surface area contributed by atoms with Gasteiger partial charge in [-0.2, -0.15) is 0 Å². The number of hydrogen-bond acceptors (Lipinski definition) is 1. The lowest BCUT2D eigenvalue weighted by atomic mass is 10.1. The Morgan fingerprint density at radius 1 is 1.11 bits per heavy atom. The number of hydrogen-bond donors (Lipinski definition) is 1. The fourth-order valence-electron chi connectivity index (χ4n) is 1.79. The lowest BCUT2D eigenvalue weighted by molar-refractivity contribution is -0.861. The maximum atomic E-state index is 11.8. The fraction of sp³-hybridized carbons (Fsp3) is 0.800. The molecule has 0 aliphatic carbocycles. The second kappa shape index (κ2) is 10.6. The zero-order valence-electron chi connectivity index (χ0n) is 13.1. The molecule has 0 aliphatic rings. The van der Waals surface area contributed by atoms with E-state index in [9.17, 15) is 10.00 Å². The molecule has 0 amide bonds. The molecule has 0 aromatic carbocycles. The van der Waals surface area contributed by atoms with E-state index in [4.69, 9.17) is 0 Å². The summed E-state index contributed by atoms with van der Waals surface area (Å²) in [5.41, 5.74) is 0.0988. The number of nitrogens with zero attached hydrogens (tertiary/aromatic N) is 1. The van der Waals surface area contributed by atoms with Gasteiger partial charge in [-0.25, -0.2) is 0 Å². The molecule has 1 N–H and O–H groups in total. The summed E-state index contributed by atoms with van der Waals surface area (Å²) in [6.07, 6.45) is 10.5. The highest BCUT2D eigenvalue weighted by Gasteiger charge is 2.15. The molecule has 0 aromatic heterocycles. The van der Waals surface area contributed by atoms with Crippen LogP contribution in [0.4, 0.5) is 0 Å². The van der Waals surface area contributed by atoms with Gasteiger partial charge in [0.25, 0.3) is 5.48 Å². The first kappa shape index (κ1) is 18.8. The summed E-state index contributed by atoms with van der Waals surface area (Å²) < 4.78 is 0.595. The van der Waals surface area contributed by atoms with Crippen molar-refractivity contribution >= 4 is 13.3 Å². The van der Waals surface area contributed by atoms with Gasteiger partial charge in [-0.3, -0.25) is 0 Å².